The maximum atomic E-state index is 12.0. The van der Waals surface area contributed by atoms with Gasteiger partial charge in [-0.05, 0) is 78.9 Å². The molecule has 0 atom stereocenters. The number of hydrogen-bond acceptors (Lipinski definition) is 4. The maximum Gasteiger partial charge on any atom is 0.233 e. The van der Waals surface area contributed by atoms with Gasteiger partial charge < -0.3 is 20.3 Å². The monoisotopic (exact) mass is 527 g/mol. The van der Waals surface area contributed by atoms with E-state index < -0.39 is 0 Å². The van der Waals surface area contributed by atoms with Gasteiger partial charge in [-0.3, -0.25) is 4.79 Å². The molecule has 5 nitrogen and oxygen atoms in total. The minimum atomic E-state index is 0.0556. The summed E-state index contributed by atoms with van der Waals surface area (Å²) in [4.78, 5) is 14.3. The van der Waals surface area contributed by atoms with Gasteiger partial charge in [-0.15, -0.1) is 0 Å². The average molecular weight is 528 g/mol. The Kier molecular flexibility index (Phi) is 13.3. The summed E-state index contributed by atoms with van der Waals surface area (Å²) in [6.45, 7) is 12.0. The molecule has 0 spiro atoms. The van der Waals surface area contributed by atoms with Crippen LogP contribution < -0.4 is 15.4 Å². The van der Waals surface area contributed by atoms with Crippen molar-refractivity contribution in [2.45, 2.75) is 40.0 Å². The van der Waals surface area contributed by atoms with Crippen LogP contribution in [0.1, 0.15) is 56.7 Å². The fraction of sp³-hybridized carbons (Fsp3) is 0.382. The van der Waals surface area contributed by atoms with Crippen molar-refractivity contribution in [3.05, 3.63) is 102 Å². The molecular weight excluding hydrogens is 482 g/mol. The highest BCUT2D eigenvalue weighted by molar-refractivity contribution is 5.98. The number of allylic oxidation sites excluding steroid dienone is 1. The van der Waals surface area contributed by atoms with Gasteiger partial charge in [0.1, 0.15) is 12.4 Å². The van der Waals surface area contributed by atoms with Crippen LogP contribution in [0.15, 0.2) is 84.9 Å². The molecule has 5 heteroatoms. The summed E-state index contributed by atoms with van der Waals surface area (Å²) in [5.41, 5.74) is 6.12. The molecule has 0 saturated heterocycles. The quantitative estimate of drug-likeness (QED) is 0.161. The van der Waals surface area contributed by atoms with E-state index >= 15 is 0 Å². The zero-order valence-corrected chi connectivity index (χ0v) is 23.9. The van der Waals surface area contributed by atoms with E-state index in [1.807, 2.05) is 0 Å². The summed E-state index contributed by atoms with van der Waals surface area (Å²) >= 11 is 0. The van der Waals surface area contributed by atoms with E-state index in [-0.39, 0.29) is 5.91 Å². The lowest BCUT2D eigenvalue weighted by atomic mass is 9.87. The van der Waals surface area contributed by atoms with Gasteiger partial charge in [0, 0.05) is 13.1 Å². The van der Waals surface area contributed by atoms with Crippen molar-refractivity contribution in [2.75, 3.05) is 45.9 Å². The Morgan fingerprint density at radius 1 is 0.769 bits per heavy atom. The molecule has 0 fully saturated rings. The molecule has 0 bridgehead atoms. The Labute approximate surface area is 235 Å². The molecule has 0 radical (unpaired) electrons. The van der Waals surface area contributed by atoms with Crippen molar-refractivity contribution in [3.63, 3.8) is 0 Å². The van der Waals surface area contributed by atoms with Crippen LogP contribution in [-0.2, 0) is 4.79 Å². The van der Waals surface area contributed by atoms with E-state index in [1.54, 1.807) is 0 Å². The molecular formula is C34H45N3O2. The van der Waals surface area contributed by atoms with Crippen molar-refractivity contribution < 1.29 is 9.53 Å². The molecule has 3 rings (SSSR count). The molecule has 0 aromatic heterocycles. The number of nitrogens with one attached hydrogen (secondary N) is 2. The molecule has 0 aliphatic carbocycles. The number of hydrogen-bond donors (Lipinski definition) is 2. The second-order valence-electron chi connectivity index (χ2n) is 9.62. The Balaban J connectivity index is 1.83. The van der Waals surface area contributed by atoms with Crippen molar-refractivity contribution >= 4 is 17.1 Å². The molecule has 0 heterocycles. The van der Waals surface area contributed by atoms with Crippen LogP contribution in [0.2, 0.25) is 0 Å². The fourth-order valence-electron chi connectivity index (χ4n) is 4.64. The molecule has 0 unspecified atom stereocenters. The lowest BCUT2D eigenvalue weighted by Crippen LogP contribution is -2.34. The summed E-state index contributed by atoms with van der Waals surface area (Å²) < 4.78 is 6.06. The van der Waals surface area contributed by atoms with E-state index in [0.29, 0.717) is 13.2 Å². The third-order valence-corrected chi connectivity index (χ3v) is 6.84. The predicted octanol–water partition coefficient (Wildman–Crippen LogP) is 6.26. The number of nitrogens with zero attached hydrogens (tertiary/aromatic N) is 1. The second-order valence-corrected chi connectivity index (χ2v) is 9.62. The van der Waals surface area contributed by atoms with Crippen LogP contribution in [0.4, 0.5) is 0 Å². The molecule has 0 saturated carbocycles. The normalized spacial score (nSPS) is 11.8. The van der Waals surface area contributed by atoms with Crippen LogP contribution >= 0.6 is 0 Å². The number of carbonyl (C=O) groups is 1. The smallest absolute Gasteiger partial charge is 0.233 e. The Hall–Kier alpha value is -3.41. The predicted molar refractivity (Wildman–Crippen MR) is 164 cm³/mol. The van der Waals surface area contributed by atoms with Gasteiger partial charge >= 0.3 is 0 Å². The standard InChI is InChI=1S/C34H45N3O2/c1-4-23-36-33(38)27-35-24-13-18-32(28-14-9-7-10-15-28)34(29-16-11-8-12-17-29)30-19-21-31(22-20-30)39-26-25-37(5-2)6-3/h7-12,14-17,19-22,35H,4-6,13,18,23-27H2,1-3H3,(H,36,38)/b34-32-. The average Bonchev–Trinajstić information content (AvgIpc) is 2.99. The molecule has 2 N–H and O–H groups in total. The first kappa shape index (κ1) is 30.1. The van der Waals surface area contributed by atoms with E-state index in [0.717, 1.165) is 57.7 Å². The van der Waals surface area contributed by atoms with E-state index in [9.17, 15) is 4.79 Å². The first-order valence-corrected chi connectivity index (χ1v) is 14.4. The van der Waals surface area contributed by atoms with Gasteiger partial charge in [0.15, 0.2) is 0 Å². The minimum Gasteiger partial charge on any atom is -0.492 e. The Morgan fingerprint density at radius 2 is 1.38 bits per heavy atom. The van der Waals surface area contributed by atoms with Crippen LogP contribution in [0.25, 0.3) is 11.1 Å². The van der Waals surface area contributed by atoms with Gasteiger partial charge in [0.2, 0.25) is 5.91 Å². The Morgan fingerprint density at radius 3 is 2.00 bits per heavy atom. The first-order chi connectivity index (χ1) is 19.2. The van der Waals surface area contributed by atoms with Gasteiger partial charge in [0.25, 0.3) is 0 Å². The van der Waals surface area contributed by atoms with Crippen LogP contribution in [-0.4, -0.2) is 56.7 Å². The summed E-state index contributed by atoms with van der Waals surface area (Å²) in [7, 11) is 0. The number of benzene rings is 3. The van der Waals surface area contributed by atoms with Crippen LogP contribution in [0.5, 0.6) is 5.75 Å². The summed E-state index contributed by atoms with van der Waals surface area (Å²) in [6.07, 6.45) is 2.76. The summed E-state index contributed by atoms with van der Waals surface area (Å²) in [5, 5.41) is 6.23. The molecule has 0 aliphatic rings. The lowest BCUT2D eigenvalue weighted by molar-refractivity contribution is -0.120. The highest BCUT2D eigenvalue weighted by atomic mass is 16.5. The minimum absolute atomic E-state index is 0.0556. The van der Waals surface area contributed by atoms with E-state index in [4.69, 9.17) is 4.74 Å². The number of carbonyl (C=O) groups excluding carboxylic acids is 1. The first-order valence-electron chi connectivity index (χ1n) is 14.4. The maximum absolute atomic E-state index is 12.0. The van der Waals surface area contributed by atoms with Crippen LogP contribution in [0, 0.1) is 0 Å². The van der Waals surface area contributed by atoms with Gasteiger partial charge in [0.05, 0.1) is 6.54 Å². The van der Waals surface area contributed by atoms with E-state index in [1.165, 1.54) is 27.8 Å². The number of amides is 1. The molecule has 1 amide bonds. The number of ether oxygens (including phenoxy) is 1. The van der Waals surface area contributed by atoms with Crippen molar-refractivity contribution in [1.29, 1.82) is 0 Å². The molecule has 208 valence electrons. The molecule has 3 aromatic carbocycles. The van der Waals surface area contributed by atoms with E-state index in [2.05, 4.69) is 121 Å². The van der Waals surface area contributed by atoms with Gasteiger partial charge in [-0.2, -0.15) is 0 Å². The van der Waals surface area contributed by atoms with Gasteiger partial charge in [-0.25, -0.2) is 0 Å². The highest BCUT2D eigenvalue weighted by Crippen LogP contribution is 2.35. The SMILES string of the molecule is CCCNC(=O)CNCCC/C(=C(\c1ccccc1)c1ccc(OCCN(CC)CC)cc1)c1ccccc1. The third kappa shape index (κ3) is 10.0. The zero-order chi connectivity index (χ0) is 27.7. The Bertz CT molecular complexity index is 1120. The fourth-order valence-corrected chi connectivity index (χ4v) is 4.64. The molecule has 0 aliphatic heterocycles. The van der Waals surface area contributed by atoms with Crippen LogP contribution in [0.3, 0.4) is 0 Å². The lowest BCUT2D eigenvalue weighted by Gasteiger charge is -2.19. The summed E-state index contributed by atoms with van der Waals surface area (Å²) in [6, 6.07) is 29.8. The third-order valence-electron chi connectivity index (χ3n) is 6.84. The van der Waals surface area contributed by atoms with Crippen molar-refractivity contribution in [1.82, 2.24) is 15.5 Å². The second kappa shape index (κ2) is 17.2. The highest BCUT2D eigenvalue weighted by Gasteiger charge is 2.14. The number of rotatable bonds is 17. The molecule has 39 heavy (non-hydrogen) atoms. The summed E-state index contributed by atoms with van der Waals surface area (Å²) in [5.74, 6) is 0.949. The van der Waals surface area contributed by atoms with Crippen molar-refractivity contribution in [3.8, 4) is 5.75 Å². The topological polar surface area (TPSA) is 53.6 Å². The number of likely N-dealkylation sites (N-methyl/N-ethyl adjacent to an activating group) is 1. The van der Waals surface area contributed by atoms with Crippen molar-refractivity contribution in [2.24, 2.45) is 0 Å². The zero-order valence-electron chi connectivity index (χ0n) is 23.9. The van der Waals surface area contributed by atoms with Gasteiger partial charge in [-0.1, -0.05) is 93.6 Å². The molecule has 3 aromatic rings. The largest absolute Gasteiger partial charge is 0.492 e.